The Balaban J connectivity index is 1.62. The minimum atomic E-state index is 0.389. The number of nitrogens with one attached hydrogen (secondary N) is 1. The van der Waals surface area contributed by atoms with Crippen LogP contribution in [0, 0.1) is 0 Å². The monoisotopic (exact) mass is 287 g/mol. The Morgan fingerprint density at radius 3 is 2.61 bits per heavy atom. The molecule has 0 bridgehead atoms. The van der Waals surface area contributed by atoms with Crippen molar-refractivity contribution in [2.75, 3.05) is 44.2 Å². The fourth-order valence-electron chi connectivity index (χ4n) is 2.50. The summed E-state index contributed by atoms with van der Waals surface area (Å²) in [6.45, 7) is 6.40. The molecule has 0 unspecified atom stereocenters. The molecule has 0 spiro atoms. The van der Waals surface area contributed by atoms with Gasteiger partial charge in [0, 0.05) is 51.4 Å². The van der Waals surface area contributed by atoms with Gasteiger partial charge in [-0.05, 0) is 0 Å². The highest BCUT2D eigenvalue weighted by atomic mass is 35.5. The maximum atomic E-state index is 6.04. The predicted molar refractivity (Wildman–Crippen MR) is 72.5 cm³/mol. The molecule has 2 fully saturated rings. The highest BCUT2D eigenvalue weighted by molar-refractivity contribution is 6.33. The molecule has 0 aromatic carbocycles. The lowest BCUT2D eigenvalue weighted by atomic mass is 10.1. The van der Waals surface area contributed by atoms with Gasteiger partial charge in [-0.1, -0.05) is 23.2 Å². The second kappa shape index (κ2) is 5.17. The first-order valence-corrected chi connectivity index (χ1v) is 6.88. The Morgan fingerprint density at radius 2 is 1.89 bits per heavy atom. The van der Waals surface area contributed by atoms with Gasteiger partial charge < -0.3 is 10.2 Å². The van der Waals surface area contributed by atoms with E-state index in [2.05, 4.69) is 25.3 Å². The molecule has 1 aromatic rings. The summed E-state index contributed by atoms with van der Waals surface area (Å²) in [4.78, 5) is 4.73. The Hall–Kier alpha value is -0.620. The van der Waals surface area contributed by atoms with Crippen LogP contribution in [0.3, 0.4) is 0 Å². The molecule has 1 aromatic heterocycles. The van der Waals surface area contributed by atoms with E-state index >= 15 is 0 Å². The van der Waals surface area contributed by atoms with Gasteiger partial charge in [0.25, 0.3) is 0 Å². The molecule has 0 amide bonds. The van der Waals surface area contributed by atoms with E-state index in [0.717, 1.165) is 45.0 Å². The smallest absolute Gasteiger partial charge is 0.175 e. The third-order valence-corrected chi connectivity index (χ3v) is 4.03. The van der Waals surface area contributed by atoms with Crippen molar-refractivity contribution in [3.05, 3.63) is 16.4 Å². The van der Waals surface area contributed by atoms with Gasteiger partial charge in [0.05, 0.1) is 5.69 Å². The minimum absolute atomic E-state index is 0.389. The fraction of sp³-hybridized carbons (Fsp3) is 0.636. The van der Waals surface area contributed by atoms with Crippen LogP contribution in [0.15, 0.2) is 6.07 Å². The molecular formula is C11H15Cl2N5. The second-order valence-corrected chi connectivity index (χ2v) is 5.43. The number of halogens is 2. The van der Waals surface area contributed by atoms with Gasteiger partial charge in [-0.3, -0.25) is 4.90 Å². The average Bonchev–Trinajstić information content (AvgIpc) is 2.33. The van der Waals surface area contributed by atoms with E-state index in [-0.39, 0.29) is 0 Å². The van der Waals surface area contributed by atoms with Gasteiger partial charge in [-0.2, -0.15) is 0 Å². The maximum Gasteiger partial charge on any atom is 0.175 e. The van der Waals surface area contributed by atoms with Crippen LogP contribution < -0.4 is 10.2 Å². The second-order valence-electron chi connectivity index (χ2n) is 4.69. The molecule has 0 radical (unpaired) electrons. The van der Waals surface area contributed by atoms with Crippen molar-refractivity contribution >= 4 is 28.9 Å². The quantitative estimate of drug-likeness (QED) is 0.875. The Kier molecular flexibility index (Phi) is 3.56. The number of hydrogen-bond acceptors (Lipinski definition) is 5. The molecule has 18 heavy (non-hydrogen) atoms. The van der Waals surface area contributed by atoms with Crippen molar-refractivity contribution in [2.24, 2.45) is 0 Å². The summed E-state index contributed by atoms with van der Waals surface area (Å²) in [6.07, 6.45) is 0. The normalized spacial score (nSPS) is 22.0. The molecular weight excluding hydrogens is 273 g/mol. The molecule has 2 aliphatic rings. The van der Waals surface area contributed by atoms with Gasteiger partial charge >= 0.3 is 0 Å². The summed E-state index contributed by atoms with van der Waals surface area (Å²) in [5, 5.41) is 11.7. The molecule has 3 heterocycles. The van der Waals surface area contributed by atoms with Crippen LogP contribution in [0.5, 0.6) is 0 Å². The van der Waals surface area contributed by atoms with Gasteiger partial charge in [0.1, 0.15) is 0 Å². The molecule has 0 saturated carbocycles. The molecule has 1 N–H and O–H groups in total. The first-order valence-electron chi connectivity index (χ1n) is 6.12. The summed E-state index contributed by atoms with van der Waals surface area (Å²) < 4.78 is 0. The Morgan fingerprint density at radius 1 is 1.17 bits per heavy atom. The zero-order valence-electron chi connectivity index (χ0n) is 9.94. The van der Waals surface area contributed by atoms with Gasteiger partial charge in [-0.15, -0.1) is 10.2 Å². The third kappa shape index (κ3) is 2.40. The highest BCUT2D eigenvalue weighted by Gasteiger charge is 2.33. The zero-order valence-corrected chi connectivity index (χ0v) is 11.5. The lowest BCUT2D eigenvalue weighted by Crippen LogP contribution is -2.63. The fourth-order valence-corrected chi connectivity index (χ4v) is 2.85. The molecule has 5 nitrogen and oxygen atoms in total. The van der Waals surface area contributed by atoms with Crippen LogP contribution in [0.2, 0.25) is 10.3 Å². The van der Waals surface area contributed by atoms with E-state index in [4.69, 9.17) is 23.2 Å². The molecule has 2 aliphatic heterocycles. The number of nitrogens with zero attached hydrogens (tertiary/aromatic N) is 4. The van der Waals surface area contributed by atoms with Crippen molar-refractivity contribution in [1.82, 2.24) is 20.4 Å². The van der Waals surface area contributed by atoms with Crippen LogP contribution >= 0.6 is 23.2 Å². The van der Waals surface area contributed by atoms with Crippen LogP contribution in [-0.2, 0) is 0 Å². The van der Waals surface area contributed by atoms with Crippen LogP contribution in [0.25, 0.3) is 0 Å². The van der Waals surface area contributed by atoms with Gasteiger partial charge in [0.2, 0.25) is 0 Å². The van der Waals surface area contributed by atoms with Crippen molar-refractivity contribution in [3.63, 3.8) is 0 Å². The maximum absolute atomic E-state index is 6.04. The Labute approximate surface area is 116 Å². The summed E-state index contributed by atoms with van der Waals surface area (Å²) >= 11 is 11.9. The van der Waals surface area contributed by atoms with Crippen molar-refractivity contribution in [3.8, 4) is 0 Å². The SMILES string of the molecule is Clc1cc(N2CC(N3CCNCC3)C2)c(Cl)nn1. The zero-order chi connectivity index (χ0) is 12.5. The lowest BCUT2D eigenvalue weighted by molar-refractivity contribution is 0.147. The number of hydrogen-bond donors (Lipinski definition) is 1. The number of anilines is 1. The standard InChI is InChI=1S/C11H15Cl2N5/c12-10-5-9(11(13)16-15-10)18-6-8(7-18)17-3-1-14-2-4-17/h5,8,14H,1-4,6-7H2. The van der Waals surface area contributed by atoms with E-state index in [0.29, 0.717) is 16.3 Å². The summed E-state index contributed by atoms with van der Waals surface area (Å²) in [7, 11) is 0. The minimum Gasteiger partial charge on any atom is -0.366 e. The third-order valence-electron chi connectivity index (χ3n) is 3.57. The van der Waals surface area contributed by atoms with Gasteiger partial charge in [-0.25, -0.2) is 0 Å². The van der Waals surface area contributed by atoms with E-state index < -0.39 is 0 Å². The van der Waals surface area contributed by atoms with E-state index in [1.54, 1.807) is 6.07 Å². The Bertz CT molecular complexity index is 429. The number of rotatable bonds is 2. The molecule has 2 saturated heterocycles. The number of piperazine rings is 1. The van der Waals surface area contributed by atoms with Gasteiger partial charge in [0.15, 0.2) is 10.3 Å². The molecule has 3 rings (SSSR count). The van der Waals surface area contributed by atoms with Crippen molar-refractivity contribution in [2.45, 2.75) is 6.04 Å². The van der Waals surface area contributed by atoms with E-state index in [9.17, 15) is 0 Å². The van der Waals surface area contributed by atoms with E-state index in [1.807, 2.05) is 0 Å². The molecule has 0 atom stereocenters. The molecule has 98 valence electrons. The highest BCUT2D eigenvalue weighted by Crippen LogP contribution is 2.30. The topological polar surface area (TPSA) is 44.3 Å². The molecule has 7 heteroatoms. The van der Waals surface area contributed by atoms with E-state index in [1.165, 1.54) is 0 Å². The first kappa shape index (κ1) is 12.4. The largest absolute Gasteiger partial charge is 0.366 e. The van der Waals surface area contributed by atoms with Crippen LogP contribution in [-0.4, -0.2) is 60.4 Å². The van der Waals surface area contributed by atoms with Crippen LogP contribution in [0.4, 0.5) is 5.69 Å². The van der Waals surface area contributed by atoms with Crippen LogP contribution in [0.1, 0.15) is 0 Å². The summed E-state index contributed by atoms with van der Waals surface area (Å²) in [6, 6.07) is 2.40. The summed E-state index contributed by atoms with van der Waals surface area (Å²) in [5.74, 6) is 0. The lowest BCUT2D eigenvalue weighted by Gasteiger charge is -2.47. The summed E-state index contributed by atoms with van der Waals surface area (Å²) in [5.41, 5.74) is 0.892. The average molecular weight is 288 g/mol. The molecule has 0 aliphatic carbocycles. The predicted octanol–water partition coefficient (Wildman–Crippen LogP) is 0.877. The van der Waals surface area contributed by atoms with Crippen molar-refractivity contribution in [1.29, 1.82) is 0 Å². The number of aromatic nitrogens is 2. The van der Waals surface area contributed by atoms with Crippen molar-refractivity contribution < 1.29 is 0 Å². The first-order chi connectivity index (χ1) is 8.74.